The van der Waals surface area contributed by atoms with E-state index in [-0.39, 0.29) is 0 Å². The highest BCUT2D eigenvalue weighted by Crippen LogP contribution is 2.48. The average molecular weight is 141 g/mol. The van der Waals surface area contributed by atoms with Gasteiger partial charge in [0.05, 0.1) is 0 Å². The third-order valence-corrected chi connectivity index (χ3v) is 2.81. The van der Waals surface area contributed by atoms with Crippen molar-refractivity contribution in [2.24, 2.45) is 11.8 Å². The molecule has 2 fully saturated rings. The number of hydrogen-bond acceptors (Lipinski definition) is 1. The van der Waals surface area contributed by atoms with Crippen molar-refractivity contribution in [2.75, 3.05) is 13.6 Å². The molecule has 0 aromatic rings. The highest BCUT2D eigenvalue weighted by atomic mass is 15.2. The van der Waals surface area contributed by atoms with Crippen LogP contribution in [-0.4, -0.2) is 24.5 Å². The lowest BCUT2D eigenvalue weighted by molar-refractivity contribution is 0.287. The molecule has 0 amide bonds. The quantitative estimate of drug-likeness (QED) is 0.498. The summed E-state index contributed by atoms with van der Waals surface area (Å²) in [5, 5.41) is 0. The van der Waals surface area contributed by atoms with Gasteiger partial charge in [-0.2, -0.15) is 0 Å². The second kappa shape index (κ2) is 2.91. The Morgan fingerprint density at radius 3 is 2.10 bits per heavy atom. The lowest BCUT2D eigenvalue weighted by Crippen LogP contribution is -2.25. The molecule has 0 aromatic heterocycles. The van der Waals surface area contributed by atoms with Crippen molar-refractivity contribution in [3.63, 3.8) is 0 Å². The van der Waals surface area contributed by atoms with Crippen LogP contribution in [0.5, 0.6) is 0 Å². The molecule has 0 bridgehead atoms. The van der Waals surface area contributed by atoms with Gasteiger partial charge in [-0.05, 0) is 32.2 Å². The molecule has 1 aliphatic heterocycles. The second-order valence-corrected chi connectivity index (χ2v) is 3.34. The van der Waals surface area contributed by atoms with Crippen LogP contribution in [0.3, 0.4) is 0 Å². The summed E-state index contributed by atoms with van der Waals surface area (Å²) in [5.74, 6) is 2.18. The van der Waals surface area contributed by atoms with Crippen LogP contribution < -0.4 is 0 Å². The lowest BCUT2D eigenvalue weighted by atomic mass is 10.2. The predicted molar refractivity (Wildman–Crippen MR) is 45.0 cm³/mol. The summed E-state index contributed by atoms with van der Waals surface area (Å²) in [6, 6.07) is 0.889. The van der Waals surface area contributed by atoms with Crippen molar-refractivity contribution in [1.82, 2.24) is 4.90 Å². The molecule has 1 aliphatic carbocycles. The average Bonchev–Trinajstić information content (AvgIpc) is 2.65. The van der Waals surface area contributed by atoms with Crippen LogP contribution >= 0.6 is 0 Å². The maximum absolute atomic E-state index is 2.47. The first-order chi connectivity index (χ1) is 4.79. The number of nitrogens with zero attached hydrogens (tertiary/aromatic N) is 1. The van der Waals surface area contributed by atoms with Crippen molar-refractivity contribution in [2.45, 2.75) is 33.2 Å². The van der Waals surface area contributed by atoms with E-state index in [1.54, 1.807) is 0 Å². The Morgan fingerprint density at radius 2 is 1.90 bits per heavy atom. The minimum absolute atomic E-state index is 0.889. The predicted octanol–water partition coefficient (Wildman–Crippen LogP) is 1.98. The van der Waals surface area contributed by atoms with Crippen LogP contribution in [0.4, 0.5) is 0 Å². The van der Waals surface area contributed by atoms with Crippen LogP contribution in [0.1, 0.15) is 27.2 Å². The van der Waals surface area contributed by atoms with Gasteiger partial charge in [0.25, 0.3) is 0 Å². The monoisotopic (exact) mass is 141 g/mol. The van der Waals surface area contributed by atoms with Gasteiger partial charge in [-0.3, -0.25) is 0 Å². The fraction of sp³-hybridized carbons (Fsp3) is 1.00. The summed E-state index contributed by atoms with van der Waals surface area (Å²) in [6.45, 7) is 7.71. The Bertz CT molecular complexity index is 109. The zero-order valence-electron chi connectivity index (χ0n) is 7.59. The van der Waals surface area contributed by atoms with E-state index in [0.29, 0.717) is 0 Å². The smallest absolute Gasteiger partial charge is 0.00955 e. The van der Waals surface area contributed by atoms with Crippen molar-refractivity contribution < 1.29 is 0 Å². The second-order valence-electron chi connectivity index (χ2n) is 3.34. The molecule has 3 atom stereocenters. The van der Waals surface area contributed by atoms with Crippen molar-refractivity contribution in [1.29, 1.82) is 0 Å². The number of rotatable bonds is 0. The van der Waals surface area contributed by atoms with Gasteiger partial charge in [0.2, 0.25) is 0 Å². The Kier molecular flexibility index (Phi) is 2.35. The molecular weight excluding hydrogens is 122 g/mol. The molecule has 1 heteroatoms. The summed E-state index contributed by atoms with van der Waals surface area (Å²) < 4.78 is 0. The maximum Gasteiger partial charge on any atom is 0.00955 e. The number of piperidine rings is 1. The minimum Gasteiger partial charge on any atom is -0.303 e. The molecule has 3 unspecified atom stereocenters. The van der Waals surface area contributed by atoms with Gasteiger partial charge in [-0.25, -0.2) is 0 Å². The molecular formula is C9H19N. The van der Waals surface area contributed by atoms with Gasteiger partial charge in [0.15, 0.2) is 0 Å². The van der Waals surface area contributed by atoms with E-state index in [9.17, 15) is 0 Å². The Labute approximate surface area is 64.4 Å². The maximum atomic E-state index is 2.47. The Morgan fingerprint density at radius 1 is 1.30 bits per heavy atom. The fourth-order valence-electron chi connectivity index (χ4n) is 1.93. The topological polar surface area (TPSA) is 3.24 Å². The number of likely N-dealkylation sites (tertiary alicyclic amines) is 1. The lowest BCUT2D eigenvalue weighted by Gasteiger charge is -2.16. The van der Waals surface area contributed by atoms with E-state index in [1.165, 1.54) is 13.0 Å². The largest absolute Gasteiger partial charge is 0.303 e. The third kappa shape index (κ3) is 1.20. The van der Waals surface area contributed by atoms with E-state index in [1.807, 2.05) is 13.8 Å². The fourth-order valence-corrected chi connectivity index (χ4v) is 1.93. The highest BCUT2D eigenvalue weighted by Gasteiger charge is 2.48. The van der Waals surface area contributed by atoms with Gasteiger partial charge in [0.1, 0.15) is 0 Å². The first-order valence-electron chi connectivity index (χ1n) is 4.49. The summed E-state index contributed by atoms with van der Waals surface area (Å²) in [4.78, 5) is 2.47. The van der Waals surface area contributed by atoms with Crippen LogP contribution in [0.2, 0.25) is 0 Å². The van der Waals surface area contributed by atoms with E-state index < -0.39 is 0 Å². The van der Waals surface area contributed by atoms with E-state index in [4.69, 9.17) is 0 Å². The summed E-state index contributed by atoms with van der Waals surface area (Å²) >= 11 is 0. The summed E-state index contributed by atoms with van der Waals surface area (Å²) in [7, 11) is 2.23. The molecule has 1 nitrogen and oxygen atoms in total. The van der Waals surface area contributed by atoms with Crippen molar-refractivity contribution >= 4 is 0 Å². The molecule has 2 aliphatic rings. The summed E-state index contributed by atoms with van der Waals surface area (Å²) in [6.07, 6.45) is 1.52. The van der Waals surface area contributed by atoms with E-state index in [0.717, 1.165) is 17.9 Å². The molecule has 0 spiro atoms. The Balaban J connectivity index is 0.000000231. The van der Waals surface area contributed by atoms with Gasteiger partial charge >= 0.3 is 0 Å². The Hall–Kier alpha value is -0.0400. The molecule has 0 aromatic carbocycles. The first-order valence-corrected chi connectivity index (χ1v) is 4.49. The van der Waals surface area contributed by atoms with Crippen LogP contribution in [-0.2, 0) is 0 Å². The van der Waals surface area contributed by atoms with Crippen LogP contribution in [0, 0.1) is 11.8 Å². The van der Waals surface area contributed by atoms with Gasteiger partial charge in [0, 0.05) is 12.6 Å². The molecule has 2 rings (SSSR count). The van der Waals surface area contributed by atoms with Crippen LogP contribution in [0.15, 0.2) is 0 Å². The van der Waals surface area contributed by atoms with Crippen molar-refractivity contribution in [3.8, 4) is 0 Å². The molecule has 0 radical (unpaired) electrons. The van der Waals surface area contributed by atoms with Gasteiger partial charge in [-0.15, -0.1) is 0 Å². The zero-order valence-corrected chi connectivity index (χ0v) is 7.59. The number of hydrogen-bond donors (Lipinski definition) is 0. The minimum atomic E-state index is 0.889. The summed E-state index contributed by atoms with van der Waals surface area (Å²) in [5.41, 5.74) is 0. The van der Waals surface area contributed by atoms with Gasteiger partial charge < -0.3 is 4.90 Å². The van der Waals surface area contributed by atoms with E-state index in [2.05, 4.69) is 18.9 Å². The van der Waals surface area contributed by atoms with Crippen LogP contribution in [0.25, 0.3) is 0 Å². The molecule has 1 saturated carbocycles. The van der Waals surface area contributed by atoms with Gasteiger partial charge in [-0.1, -0.05) is 13.8 Å². The standard InChI is InChI=1S/C7H13N.C2H6/c1-5-7-3-6(7)4-8(5)2;1-2/h5-7H,3-4H2,1-2H3;1-2H3. The highest BCUT2D eigenvalue weighted by molar-refractivity contribution is 5.00. The molecule has 0 N–H and O–H groups in total. The number of fused-ring (bicyclic) bond motifs is 1. The molecule has 1 heterocycles. The van der Waals surface area contributed by atoms with E-state index >= 15 is 0 Å². The third-order valence-electron chi connectivity index (χ3n) is 2.81. The normalized spacial score (nSPS) is 43.8. The molecule has 1 saturated heterocycles. The van der Waals surface area contributed by atoms with Crippen molar-refractivity contribution in [3.05, 3.63) is 0 Å². The SMILES string of the molecule is CC.CC1C2CC2CN1C. The molecule has 10 heavy (non-hydrogen) atoms. The molecule has 60 valence electrons. The first kappa shape index (κ1) is 8.06. The zero-order chi connectivity index (χ0) is 7.72.